The number of amides is 1. The van der Waals surface area contributed by atoms with Gasteiger partial charge in [-0.2, -0.15) is 0 Å². The Morgan fingerprint density at radius 2 is 1.93 bits per heavy atom. The van der Waals surface area contributed by atoms with Crippen LogP contribution in [0.1, 0.15) is 12.5 Å². The number of aliphatic imine (C=N–C) groups is 1. The fourth-order valence-corrected chi connectivity index (χ4v) is 3.47. The van der Waals surface area contributed by atoms with Crippen LogP contribution < -0.4 is 9.47 Å². The molecule has 1 heterocycles. The minimum atomic E-state index is -0.326. The number of carbonyl (C=O) groups is 1. The van der Waals surface area contributed by atoms with Gasteiger partial charge in [0.05, 0.1) is 24.3 Å². The van der Waals surface area contributed by atoms with Crippen molar-refractivity contribution in [3.05, 3.63) is 58.8 Å². The number of amidine groups is 1. The summed E-state index contributed by atoms with van der Waals surface area (Å²) in [5.41, 5.74) is 1.41. The second kappa shape index (κ2) is 8.26. The lowest BCUT2D eigenvalue weighted by atomic mass is 10.2. The first kappa shape index (κ1) is 19.0. The topological polar surface area (TPSA) is 51.1 Å². The third-order valence-electron chi connectivity index (χ3n) is 3.84. The number of likely N-dealkylation sites (N-methyl/N-ethyl adjacent to an activating group) is 1. The van der Waals surface area contributed by atoms with E-state index in [0.29, 0.717) is 33.9 Å². The summed E-state index contributed by atoms with van der Waals surface area (Å²) in [6.45, 7) is 2.41. The predicted octanol–water partition coefficient (Wildman–Crippen LogP) is 4.47. The molecule has 3 rings (SSSR count). The third-order valence-corrected chi connectivity index (χ3v) is 4.90. The van der Waals surface area contributed by atoms with Crippen molar-refractivity contribution in [2.24, 2.45) is 4.99 Å². The molecule has 0 aliphatic carbocycles. The van der Waals surface area contributed by atoms with E-state index >= 15 is 0 Å². The molecular weight excluding hydrogens is 367 g/mol. The summed E-state index contributed by atoms with van der Waals surface area (Å²) in [5.74, 6) is 0.792. The van der Waals surface area contributed by atoms with Gasteiger partial charge in [-0.3, -0.25) is 9.69 Å². The van der Waals surface area contributed by atoms with Crippen molar-refractivity contribution in [2.75, 3.05) is 20.8 Å². The van der Waals surface area contributed by atoms with Crippen LogP contribution in [-0.4, -0.2) is 36.7 Å². The molecular formula is C20H19FN2O3S. The van der Waals surface area contributed by atoms with Crippen LogP contribution in [0.25, 0.3) is 6.08 Å². The minimum Gasteiger partial charge on any atom is -0.493 e. The molecule has 0 aromatic heterocycles. The zero-order chi connectivity index (χ0) is 19.4. The summed E-state index contributed by atoms with van der Waals surface area (Å²) >= 11 is 1.27. The normalized spacial score (nSPS) is 17.0. The van der Waals surface area contributed by atoms with E-state index in [1.54, 1.807) is 38.4 Å². The first-order valence-corrected chi connectivity index (χ1v) is 9.16. The Balaban J connectivity index is 1.88. The maximum Gasteiger partial charge on any atom is 0.266 e. The summed E-state index contributed by atoms with van der Waals surface area (Å²) in [5, 5.41) is 0.538. The van der Waals surface area contributed by atoms with Crippen molar-refractivity contribution in [1.82, 2.24) is 4.90 Å². The number of rotatable bonds is 5. The molecule has 0 atom stereocenters. The number of thioether (sulfide) groups is 1. The minimum absolute atomic E-state index is 0.144. The number of hydrogen-bond acceptors (Lipinski definition) is 5. The second-order valence-electron chi connectivity index (χ2n) is 5.69. The zero-order valence-corrected chi connectivity index (χ0v) is 16.0. The molecule has 1 amide bonds. The molecule has 0 N–H and O–H groups in total. The number of ether oxygens (including phenoxy) is 2. The molecule has 5 nitrogen and oxygen atoms in total. The molecule has 1 fully saturated rings. The van der Waals surface area contributed by atoms with Crippen molar-refractivity contribution < 1.29 is 18.7 Å². The fourth-order valence-electron chi connectivity index (χ4n) is 2.48. The Bertz CT molecular complexity index is 910. The number of halogens is 1. The molecule has 2 aromatic rings. The molecule has 0 bridgehead atoms. The monoisotopic (exact) mass is 386 g/mol. The number of hydrogen-bond donors (Lipinski definition) is 0. The molecule has 0 radical (unpaired) electrons. The SMILES string of the molecule is CCOc1cc(/C=C2/SC(=Nc3ccc(F)cc3)N(C)C2=O)ccc1OC. The lowest BCUT2D eigenvalue weighted by Gasteiger charge is -2.09. The average molecular weight is 386 g/mol. The molecule has 1 aliphatic rings. The molecule has 2 aromatic carbocycles. The van der Waals surface area contributed by atoms with Gasteiger partial charge in [0, 0.05) is 7.05 Å². The van der Waals surface area contributed by atoms with Crippen molar-refractivity contribution in [2.45, 2.75) is 6.92 Å². The highest BCUT2D eigenvalue weighted by Gasteiger charge is 2.30. The van der Waals surface area contributed by atoms with Gasteiger partial charge in [-0.25, -0.2) is 9.38 Å². The van der Waals surface area contributed by atoms with Gasteiger partial charge in [-0.15, -0.1) is 0 Å². The van der Waals surface area contributed by atoms with Gasteiger partial charge < -0.3 is 9.47 Å². The van der Waals surface area contributed by atoms with E-state index in [4.69, 9.17) is 9.47 Å². The van der Waals surface area contributed by atoms with Gasteiger partial charge >= 0.3 is 0 Å². The van der Waals surface area contributed by atoms with E-state index in [1.165, 1.54) is 28.8 Å². The maximum absolute atomic E-state index is 13.0. The smallest absolute Gasteiger partial charge is 0.266 e. The molecule has 1 aliphatic heterocycles. The first-order valence-electron chi connectivity index (χ1n) is 8.34. The quantitative estimate of drug-likeness (QED) is 0.712. The molecule has 27 heavy (non-hydrogen) atoms. The van der Waals surface area contributed by atoms with Crippen LogP contribution in [0, 0.1) is 5.82 Å². The van der Waals surface area contributed by atoms with Crippen LogP contribution in [0.2, 0.25) is 0 Å². The van der Waals surface area contributed by atoms with Gasteiger partial charge in [0.25, 0.3) is 5.91 Å². The zero-order valence-electron chi connectivity index (χ0n) is 15.2. The van der Waals surface area contributed by atoms with Crippen LogP contribution in [-0.2, 0) is 4.79 Å². The highest BCUT2D eigenvalue weighted by Crippen LogP contribution is 2.35. The molecule has 0 saturated carbocycles. The average Bonchev–Trinajstić information content (AvgIpc) is 2.92. The number of methoxy groups -OCH3 is 1. The largest absolute Gasteiger partial charge is 0.493 e. The summed E-state index contributed by atoms with van der Waals surface area (Å²) in [7, 11) is 3.25. The molecule has 1 saturated heterocycles. The standard InChI is InChI=1S/C20H19FN2O3S/c1-4-26-17-11-13(5-10-16(17)25-3)12-18-19(24)23(2)20(27-18)22-15-8-6-14(21)7-9-15/h5-12H,4H2,1-3H3/b18-12+,22-20?. The molecule has 0 unspecified atom stereocenters. The fraction of sp³-hybridized carbons (Fsp3) is 0.200. The first-order chi connectivity index (χ1) is 13.0. The van der Waals surface area contributed by atoms with E-state index in [0.717, 1.165) is 5.56 Å². The Morgan fingerprint density at radius 1 is 1.19 bits per heavy atom. The van der Waals surface area contributed by atoms with Gasteiger partial charge in [0.2, 0.25) is 0 Å². The van der Waals surface area contributed by atoms with Gasteiger partial charge in [-0.05, 0) is 66.7 Å². The molecule has 140 valence electrons. The van der Waals surface area contributed by atoms with Crippen LogP contribution in [0.5, 0.6) is 11.5 Å². The van der Waals surface area contributed by atoms with Crippen LogP contribution in [0.3, 0.4) is 0 Å². The van der Waals surface area contributed by atoms with Gasteiger partial charge in [0.15, 0.2) is 16.7 Å². The van der Waals surface area contributed by atoms with Crippen LogP contribution in [0.15, 0.2) is 52.4 Å². The number of carbonyl (C=O) groups excluding carboxylic acids is 1. The number of nitrogens with zero attached hydrogens (tertiary/aromatic N) is 2. The second-order valence-corrected chi connectivity index (χ2v) is 6.70. The van der Waals surface area contributed by atoms with E-state index in [2.05, 4.69) is 4.99 Å². The highest BCUT2D eigenvalue weighted by molar-refractivity contribution is 8.18. The van der Waals surface area contributed by atoms with Gasteiger partial charge in [0.1, 0.15) is 5.82 Å². The van der Waals surface area contributed by atoms with Crippen molar-refractivity contribution in [3.8, 4) is 11.5 Å². The summed E-state index contributed by atoms with van der Waals surface area (Å²) in [6.07, 6.45) is 1.79. The van der Waals surface area contributed by atoms with Crippen LogP contribution >= 0.6 is 11.8 Å². The van der Waals surface area contributed by atoms with E-state index in [9.17, 15) is 9.18 Å². The Kier molecular flexibility index (Phi) is 5.81. The van der Waals surface area contributed by atoms with E-state index in [1.807, 2.05) is 19.1 Å². The van der Waals surface area contributed by atoms with Crippen molar-refractivity contribution in [3.63, 3.8) is 0 Å². The van der Waals surface area contributed by atoms with Crippen LogP contribution in [0.4, 0.5) is 10.1 Å². The Morgan fingerprint density at radius 3 is 2.59 bits per heavy atom. The number of benzene rings is 2. The van der Waals surface area contributed by atoms with Gasteiger partial charge in [-0.1, -0.05) is 6.07 Å². The van der Waals surface area contributed by atoms with Crippen molar-refractivity contribution >= 4 is 34.6 Å². The van der Waals surface area contributed by atoms with Crippen molar-refractivity contribution in [1.29, 1.82) is 0 Å². The van der Waals surface area contributed by atoms with E-state index in [-0.39, 0.29) is 11.7 Å². The molecule has 7 heteroatoms. The third kappa shape index (κ3) is 4.31. The lowest BCUT2D eigenvalue weighted by Crippen LogP contribution is -2.23. The highest BCUT2D eigenvalue weighted by atomic mass is 32.2. The predicted molar refractivity (Wildman–Crippen MR) is 106 cm³/mol. The summed E-state index contributed by atoms with van der Waals surface area (Å²) in [6, 6.07) is 11.3. The summed E-state index contributed by atoms with van der Waals surface area (Å²) < 4.78 is 23.9. The Hall–Kier alpha value is -2.80. The van der Waals surface area contributed by atoms with E-state index < -0.39 is 0 Å². The Labute approximate surface area is 161 Å². The lowest BCUT2D eigenvalue weighted by molar-refractivity contribution is -0.121. The maximum atomic E-state index is 13.0. The molecule has 0 spiro atoms. The summed E-state index contributed by atoms with van der Waals surface area (Å²) in [4.78, 5) is 19.0.